The van der Waals surface area contributed by atoms with Crippen molar-refractivity contribution in [3.8, 4) is 22.3 Å². The lowest BCUT2D eigenvalue weighted by atomic mass is 9.73. The summed E-state index contributed by atoms with van der Waals surface area (Å²) >= 11 is 0. The van der Waals surface area contributed by atoms with Crippen LogP contribution in [0.3, 0.4) is 0 Å². The molecule has 0 unspecified atom stereocenters. The number of fused-ring (bicyclic) bond motifs is 6. The first-order chi connectivity index (χ1) is 22.7. The Balaban J connectivity index is 1.33. The van der Waals surface area contributed by atoms with Gasteiger partial charge in [0.05, 0.1) is 0 Å². The molecule has 1 aliphatic carbocycles. The van der Waals surface area contributed by atoms with Crippen LogP contribution in [0, 0.1) is 0 Å². The van der Waals surface area contributed by atoms with Crippen LogP contribution in [0.1, 0.15) is 23.6 Å². The van der Waals surface area contributed by atoms with Crippen LogP contribution in [0.25, 0.3) is 44.2 Å². The maximum absolute atomic E-state index is 6.78. The summed E-state index contributed by atoms with van der Waals surface area (Å²) in [5.74, 6) is 0. The lowest BCUT2D eigenvalue weighted by Crippen LogP contribution is -2.23. The van der Waals surface area contributed by atoms with E-state index in [0.29, 0.717) is 0 Å². The van der Waals surface area contributed by atoms with E-state index >= 15 is 0 Å². The summed E-state index contributed by atoms with van der Waals surface area (Å²) in [6.45, 7) is 2.37. The van der Waals surface area contributed by atoms with Gasteiger partial charge in [-0.3, -0.25) is 0 Å². The van der Waals surface area contributed by atoms with E-state index in [1.165, 1.54) is 33.4 Å². The van der Waals surface area contributed by atoms with Gasteiger partial charge < -0.3 is 9.32 Å². The van der Waals surface area contributed by atoms with E-state index in [-0.39, 0.29) is 0 Å². The molecule has 0 amide bonds. The smallest absolute Gasteiger partial charge is 0.140 e. The normalized spacial score (nSPS) is 13.1. The number of rotatable bonds is 5. The average molecular weight is 590 g/mol. The van der Waals surface area contributed by atoms with Gasteiger partial charge in [-0.1, -0.05) is 127 Å². The molecule has 7 aromatic carbocycles. The number of furan rings is 1. The molecule has 0 fully saturated rings. The van der Waals surface area contributed by atoms with E-state index in [2.05, 4.69) is 182 Å². The van der Waals surface area contributed by atoms with E-state index in [1.807, 2.05) is 0 Å². The molecule has 0 radical (unpaired) electrons. The molecule has 0 spiro atoms. The minimum atomic E-state index is -0.422. The molecule has 2 heteroatoms. The zero-order valence-electron chi connectivity index (χ0n) is 25.5. The van der Waals surface area contributed by atoms with Crippen LogP contribution in [0.2, 0.25) is 0 Å². The molecule has 0 saturated carbocycles. The third-order valence-electron chi connectivity index (χ3n) is 9.73. The molecule has 0 bridgehead atoms. The molecule has 1 heterocycles. The minimum Gasteiger partial charge on any atom is -0.456 e. The van der Waals surface area contributed by atoms with Crippen molar-refractivity contribution in [3.05, 3.63) is 187 Å². The fourth-order valence-electron chi connectivity index (χ4n) is 7.51. The highest BCUT2D eigenvalue weighted by Crippen LogP contribution is 2.55. The lowest BCUT2D eigenvalue weighted by Gasteiger charge is -2.31. The van der Waals surface area contributed by atoms with Gasteiger partial charge in [-0.2, -0.15) is 0 Å². The molecule has 0 aliphatic heterocycles. The Morgan fingerprint density at radius 2 is 0.978 bits per heavy atom. The maximum Gasteiger partial charge on any atom is 0.140 e. The Bertz CT molecular complexity index is 2320. The van der Waals surface area contributed by atoms with E-state index in [9.17, 15) is 0 Å². The lowest BCUT2D eigenvalue weighted by molar-refractivity contribution is 0.638. The van der Waals surface area contributed by atoms with E-state index < -0.39 is 5.41 Å². The van der Waals surface area contributed by atoms with Crippen LogP contribution in [-0.2, 0) is 5.41 Å². The van der Waals surface area contributed by atoms with Gasteiger partial charge in [0, 0.05) is 38.8 Å². The van der Waals surface area contributed by atoms with Gasteiger partial charge in [-0.25, -0.2) is 0 Å². The molecule has 0 atom stereocenters. The highest BCUT2D eigenvalue weighted by Gasteiger charge is 2.42. The summed E-state index contributed by atoms with van der Waals surface area (Å²) in [7, 11) is 0. The first-order valence-electron chi connectivity index (χ1n) is 15.9. The van der Waals surface area contributed by atoms with Crippen LogP contribution in [-0.4, -0.2) is 0 Å². The average Bonchev–Trinajstić information content (AvgIpc) is 3.63. The molecule has 0 saturated heterocycles. The Kier molecular flexibility index (Phi) is 5.97. The third kappa shape index (κ3) is 3.97. The number of para-hydroxylation sites is 2. The second-order valence-electron chi connectivity index (χ2n) is 12.3. The molecular formula is C44H31NO. The second-order valence-corrected chi connectivity index (χ2v) is 12.3. The fraction of sp³-hybridized carbons (Fsp3) is 0.0455. The zero-order valence-corrected chi connectivity index (χ0v) is 25.5. The molecule has 9 rings (SSSR count). The molecule has 0 N–H and O–H groups in total. The van der Waals surface area contributed by atoms with E-state index in [1.54, 1.807) is 0 Å². The van der Waals surface area contributed by atoms with Crippen molar-refractivity contribution in [2.24, 2.45) is 0 Å². The highest BCUT2D eigenvalue weighted by atomic mass is 16.3. The molecule has 8 aromatic rings. The first kappa shape index (κ1) is 26.5. The van der Waals surface area contributed by atoms with Gasteiger partial charge in [0.1, 0.15) is 11.2 Å². The largest absolute Gasteiger partial charge is 0.456 e. The van der Waals surface area contributed by atoms with Crippen molar-refractivity contribution < 1.29 is 4.42 Å². The Morgan fingerprint density at radius 3 is 1.67 bits per heavy atom. The molecular weight excluding hydrogens is 558 g/mol. The standard InChI is InChI=1S/C44H31NO/c1-44(39-21-11-8-18-35(39)36-19-9-12-22-40(36)44)41-29-34(28-38-37-20-10-13-23-42(37)46-43(38)41)45(32-16-6-3-7-17-32)33-26-24-31(25-27-33)30-14-4-2-5-15-30/h2-29H,1H3. The molecule has 2 nitrogen and oxygen atoms in total. The molecule has 218 valence electrons. The third-order valence-corrected chi connectivity index (χ3v) is 9.73. The number of hydrogen-bond acceptors (Lipinski definition) is 2. The summed E-state index contributed by atoms with van der Waals surface area (Å²) in [6, 6.07) is 60.9. The van der Waals surface area contributed by atoms with Crippen molar-refractivity contribution in [3.63, 3.8) is 0 Å². The zero-order chi connectivity index (χ0) is 30.7. The van der Waals surface area contributed by atoms with Gasteiger partial charge in [-0.05, 0) is 82.8 Å². The Labute approximate surface area is 268 Å². The predicted octanol–water partition coefficient (Wildman–Crippen LogP) is 12.1. The number of nitrogens with zero attached hydrogens (tertiary/aromatic N) is 1. The van der Waals surface area contributed by atoms with Crippen LogP contribution < -0.4 is 4.90 Å². The van der Waals surface area contributed by atoms with Crippen molar-refractivity contribution in [1.29, 1.82) is 0 Å². The highest BCUT2D eigenvalue weighted by molar-refractivity contribution is 6.09. The number of anilines is 3. The van der Waals surface area contributed by atoms with Crippen LogP contribution >= 0.6 is 0 Å². The number of benzene rings is 7. The molecule has 46 heavy (non-hydrogen) atoms. The predicted molar refractivity (Wildman–Crippen MR) is 191 cm³/mol. The minimum absolute atomic E-state index is 0.422. The Morgan fingerprint density at radius 1 is 0.435 bits per heavy atom. The van der Waals surface area contributed by atoms with Crippen molar-refractivity contribution in [1.82, 2.24) is 0 Å². The van der Waals surface area contributed by atoms with E-state index in [0.717, 1.165) is 44.6 Å². The molecule has 1 aromatic heterocycles. The van der Waals surface area contributed by atoms with Gasteiger partial charge in [0.2, 0.25) is 0 Å². The van der Waals surface area contributed by atoms with Gasteiger partial charge in [0.25, 0.3) is 0 Å². The van der Waals surface area contributed by atoms with Gasteiger partial charge >= 0.3 is 0 Å². The van der Waals surface area contributed by atoms with Gasteiger partial charge in [-0.15, -0.1) is 0 Å². The molecule has 1 aliphatic rings. The summed E-state index contributed by atoms with van der Waals surface area (Å²) in [5.41, 5.74) is 13.4. The fourth-order valence-corrected chi connectivity index (χ4v) is 7.51. The second kappa shape index (κ2) is 10.4. The summed E-state index contributed by atoms with van der Waals surface area (Å²) in [6.07, 6.45) is 0. The summed E-state index contributed by atoms with van der Waals surface area (Å²) < 4.78 is 6.78. The first-order valence-corrected chi connectivity index (χ1v) is 15.9. The van der Waals surface area contributed by atoms with Gasteiger partial charge in [0.15, 0.2) is 0 Å². The van der Waals surface area contributed by atoms with Crippen LogP contribution in [0.15, 0.2) is 174 Å². The van der Waals surface area contributed by atoms with E-state index in [4.69, 9.17) is 4.42 Å². The summed E-state index contributed by atoms with van der Waals surface area (Å²) in [4.78, 5) is 2.37. The topological polar surface area (TPSA) is 16.4 Å². The van der Waals surface area contributed by atoms with Crippen molar-refractivity contribution >= 4 is 39.0 Å². The maximum atomic E-state index is 6.78. The van der Waals surface area contributed by atoms with Crippen molar-refractivity contribution in [2.45, 2.75) is 12.3 Å². The number of hydrogen-bond donors (Lipinski definition) is 0. The van der Waals surface area contributed by atoms with Crippen molar-refractivity contribution in [2.75, 3.05) is 4.90 Å². The SMILES string of the molecule is CC1(c2cc(N(c3ccccc3)c3ccc(-c4ccccc4)cc3)cc3c2oc2ccccc23)c2ccccc2-c2ccccc21. The quantitative estimate of drug-likeness (QED) is 0.199. The summed E-state index contributed by atoms with van der Waals surface area (Å²) in [5, 5.41) is 2.24. The monoisotopic (exact) mass is 589 g/mol. The van der Waals surface area contributed by atoms with Crippen LogP contribution in [0.4, 0.5) is 17.1 Å². The Hall–Kier alpha value is -5.86. The van der Waals surface area contributed by atoms with Crippen LogP contribution in [0.5, 0.6) is 0 Å².